The van der Waals surface area contributed by atoms with Crippen molar-refractivity contribution in [2.75, 3.05) is 37.3 Å². The molecule has 1 aromatic carbocycles. The van der Waals surface area contributed by atoms with Gasteiger partial charge in [0.25, 0.3) is 10.0 Å². The van der Waals surface area contributed by atoms with Gasteiger partial charge in [0.2, 0.25) is 10.0 Å². The molecule has 2 aliphatic rings. The Bertz CT molecular complexity index is 1520. The molecule has 2 heterocycles. The molecule has 0 amide bonds. The zero-order valence-electron chi connectivity index (χ0n) is 23.8. The molecule has 1 aliphatic carbocycles. The molecule has 42 heavy (non-hydrogen) atoms. The molecule has 0 spiro atoms. The molecular weight excluding hydrogens is 612 g/mol. The van der Waals surface area contributed by atoms with E-state index in [-0.39, 0.29) is 47.0 Å². The van der Waals surface area contributed by atoms with Crippen molar-refractivity contribution in [1.82, 2.24) is 8.61 Å². The number of rotatable bonds is 9. The van der Waals surface area contributed by atoms with E-state index in [1.54, 1.807) is 23.6 Å². The first kappa shape index (κ1) is 32.5. The summed E-state index contributed by atoms with van der Waals surface area (Å²) >= 11 is 1.13. The van der Waals surface area contributed by atoms with Crippen LogP contribution in [0.2, 0.25) is 0 Å². The fraction of sp³-hybridized carbons (Fsp3) is 0.500. The molecule has 1 N–H and O–H groups in total. The van der Waals surface area contributed by atoms with Crippen molar-refractivity contribution in [3.05, 3.63) is 71.3 Å². The Hall–Kier alpha value is -2.39. The molecule has 8 nitrogen and oxygen atoms in total. The van der Waals surface area contributed by atoms with E-state index in [0.29, 0.717) is 24.7 Å². The minimum atomic E-state index is -4.86. The topological polar surface area (TPSA) is 98.2 Å². The summed E-state index contributed by atoms with van der Waals surface area (Å²) < 4.78 is 95.4. The molecule has 1 fully saturated rings. The number of alkyl halides is 3. The highest BCUT2D eigenvalue weighted by molar-refractivity contribution is 7.91. The molecule has 1 aromatic heterocycles. The summed E-state index contributed by atoms with van der Waals surface area (Å²) in [5, 5.41) is 11.8. The van der Waals surface area contributed by atoms with Crippen molar-refractivity contribution in [1.29, 1.82) is 0 Å². The highest BCUT2D eigenvalue weighted by atomic mass is 32.2. The van der Waals surface area contributed by atoms with E-state index in [4.69, 9.17) is 0 Å². The van der Waals surface area contributed by atoms with E-state index in [0.717, 1.165) is 11.3 Å². The van der Waals surface area contributed by atoms with Gasteiger partial charge in [-0.05, 0) is 54.5 Å². The van der Waals surface area contributed by atoms with Crippen LogP contribution in [-0.2, 0) is 25.6 Å². The van der Waals surface area contributed by atoms with Gasteiger partial charge in [0.15, 0.2) is 5.60 Å². The zero-order chi connectivity index (χ0) is 31.1. The van der Waals surface area contributed by atoms with E-state index in [1.807, 2.05) is 30.9 Å². The summed E-state index contributed by atoms with van der Waals surface area (Å²) in [4.78, 5) is 1.97. The fourth-order valence-corrected chi connectivity index (χ4v) is 9.32. The third-order valence-corrected chi connectivity index (χ3v) is 13.1. The van der Waals surface area contributed by atoms with Gasteiger partial charge >= 0.3 is 6.18 Å². The number of nitrogens with zero attached hydrogens (tertiary/aromatic N) is 3. The van der Waals surface area contributed by atoms with Gasteiger partial charge in [-0.1, -0.05) is 44.2 Å². The van der Waals surface area contributed by atoms with Crippen LogP contribution < -0.4 is 4.90 Å². The van der Waals surface area contributed by atoms with Gasteiger partial charge in [-0.2, -0.15) is 17.5 Å². The molecule has 1 aliphatic heterocycles. The maximum atomic E-state index is 13.4. The summed E-state index contributed by atoms with van der Waals surface area (Å²) in [5.41, 5.74) is -2.20. The van der Waals surface area contributed by atoms with Crippen LogP contribution in [-0.4, -0.2) is 75.2 Å². The molecule has 0 bridgehead atoms. The zero-order valence-corrected chi connectivity index (χ0v) is 26.3. The van der Waals surface area contributed by atoms with Crippen LogP contribution in [0, 0.1) is 11.8 Å². The second-order valence-corrected chi connectivity index (χ2v) is 16.4. The number of sulfonamides is 2. The van der Waals surface area contributed by atoms with Gasteiger partial charge in [-0.25, -0.2) is 16.8 Å². The summed E-state index contributed by atoms with van der Waals surface area (Å²) in [6, 6.07) is 8.31. The van der Waals surface area contributed by atoms with Gasteiger partial charge in [-0.15, -0.1) is 11.3 Å². The van der Waals surface area contributed by atoms with Crippen molar-refractivity contribution in [3.63, 3.8) is 0 Å². The maximum absolute atomic E-state index is 13.4. The largest absolute Gasteiger partial charge is 0.421 e. The standard InChI is InChI=1S/C28H36F3N3O5S3/c1-20(2)19-41(36,37)32(4)23-11-7-21(8-12-23)25-18-33(42(38,39)26-6-5-17-40-26)15-16-34(25)24-13-9-22(10-14-24)27(3,35)28(29,30)31/h5-7,9-14,17,20-21,25,35H,8,15-16,18-19H2,1-4H3/t21?,25-,27-/m1/s1. The summed E-state index contributed by atoms with van der Waals surface area (Å²) in [5.74, 6) is -0.257. The van der Waals surface area contributed by atoms with Crippen molar-refractivity contribution < 1.29 is 35.1 Å². The minimum absolute atomic E-state index is 0.00126. The monoisotopic (exact) mass is 647 g/mol. The Morgan fingerprint density at radius 1 is 1.10 bits per heavy atom. The number of anilines is 1. The van der Waals surface area contributed by atoms with Crippen molar-refractivity contribution in [2.45, 2.75) is 49.2 Å². The van der Waals surface area contributed by atoms with E-state index in [1.165, 1.54) is 39.9 Å². The Kier molecular flexibility index (Phi) is 9.25. The average Bonchev–Trinajstić information content (AvgIpc) is 3.47. The lowest BCUT2D eigenvalue weighted by molar-refractivity contribution is -0.258. The highest BCUT2D eigenvalue weighted by Crippen LogP contribution is 2.40. The summed E-state index contributed by atoms with van der Waals surface area (Å²) in [6.07, 6.45) is 0.990. The summed E-state index contributed by atoms with van der Waals surface area (Å²) in [7, 11) is -5.76. The lowest BCUT2D eigenvalue weighted by Crippen LogP contribution is -2.57. The van der Waals surface area contributed by atoms with Crippen LogP contribution in [0.1, 0.15) is 32.8 Å². The quantitative estimate of drug-likeness (QED) is 0.421. The molecule has 2 aromatic rings. The number of hydrogen-bond donors (Lipinski definition) is 1. The SMILES string of the molecule is CC(C)CS(=O)(=O)N(C)C1=CCC([C@H]2CN(S(=O)(=O)c3cccs3)CCN2c2ccc([C@@](C)(O)C(F)(F)F)cc2)C=C1. The minimum Gasteiger partial charge on any atom is -0.376 e. The second kappa shape index (κ2) is 11.9. The number of allylic oxidation sites excluding steroid dienone is 2. The first-order valence-corrected chi connectivity index (χ1v) is 17.4. The smallest absolute Gasteiger partial charge is 0.376 e. The van der Waals surface area contributed by atoms with Gasteiger partial charge in [-0.3, -0.25) is 4.31 Å². The third kappa shape index (κ3) is 6.57. The Morgan fingerprint density at radius 3 is 2.29 bits per heavy atom. The normalized spacial score (nSPS) is 22.2. The predicted molar refractivity (Wildman–Crippen MR) is 158 cm³/mol. The first-order valence-electron chi connectivity index (χ1n) is 13.5. The molecule has 14 heteroatoms. The van der Waals surface area contributed by atoms with Gasteiger partial charge in [0.1, 0.15) is 4.21 Å². The highest BCUT2D eigenvalue weighted by Gasteiger charge is 2.51. The van der Waals surface area contributed by atoms with Gasteiger partial charge < -0.3 is 10.0 Å². The number of halogens is 3. The average molecular weight is 648 g/mol. The second-order valence-electron chi connectivity index (χ2n) is 11.2. The van der Waals surface area contributed by atoms with Crippen LogP contribution in [0.5, 0.6) is 0 Å². The Morgan fingerprint density at radius 2 is 1.76 bits per heavy atom. The van der Waals surface area contributed by atoms with Crippen LogP contribution in [0.4, 0.5) is 18.9 Å². The number of thiophene rings is 1. The lowest BCUT2D eigenvalue weighted by atomic mass is 9.89. The number of hydrogen-bond acceptors (Lipinski definition) is 7. The van der Waals surface area contributed by atoms with Crippen LogP contribution >= 0.6 is 11.3 Å². The van der Waals surface area contributed by atoms with Gasteiger partial charge in [0.05, 0.1) is 5.75 Å². The molecule has 232 valence electrons. The molecule has 1 unspecified atom stereocenters. The number of benzene rings is 1. The Labute approximate surface area is 249 Å². The van der Waals surface area contributed by atoms with Crippen molar-refractivity contribution in [3.8, 4) is 0 Å². The van der Waals surface area contributed by atoms with Crippen LogP contribution in [0.3, 0.4) is 0 Å². The lowest BCUT2D eigenvalue weighted by Gasteiger charge is -2.45. The van der Waals surface area contributed by atoms with Crippen molar-refractivity contribution in [2.24, 2.45) is 11.8 Å². The number of aliphatic hydroxyl groups is 1. The maximum Gasteiger partial charge on any atom is 0.421 e. The van der Waals surface area contributed by atoms with E-state index >= 15 is 0 Å². The molecule has 1 saturated heterocycles. The van der Waals surface area contributed by atoms with E-state index in [9.17, 15) is 35.1 Å². The first-order chi connectivity index (χ1) is 19.4. The number of likely N-dealkylation sites (N-methyl/N-ethyl adjacent to an activating group) is 1. The third-order valence-electron chi connectivity index (χ3n) is 7.72. The Balaban J connectivity index is 1.63. The fourth-order valence-electron chi connectivity index (χ4n) is 5.21. The van der Waals surface area contributed by atoms with E-state index in [2.05, 4.69) is 0 Å². The molecule has 0 saturated carbocycles. The predicted octanol–water partition coefficient (Wildman–Crippen LogP) is 4.78. The van der Waals surface area contributed by atoms with E-state index < -0.39 is 37.9 Å². The van der Waals surface area contributed by atoms with Crippen LogP contribution in [0.25, 0.3) is 0 Å². The van der Waals surface area contributed by atoms with Crippen molar-refractivity contribution >= 4 is 37.1 Å². The molecular formula is C28H36F3N3O5S3. The molecule has 0 radical (unpaired) electrons. The number of piperazine rings is 1. The van der Waals surface area contributed by atoms with Gasteiger partial charge in [0, 0.05) is 50.0 Å². The molecule has 4 rings (SSSR count). The molecule has 3 atom stereocenters. The summed E-state index contributed by atoms with van der Waals surface area (Å²) in [6.45, 7) is 4.95. The van der Waals surface area contributed by atoms with Crippen LogP contribution in [0.15, 0.2) is 69.9 Å².